The number of aromatic nitrogens is 5. The van der Waals surface area contributed by atoms with Crippen LogP contribution in [0.25, 0.3) is 56.3 Å². The first kappa shape index (κ1) is 44.2. The van der Waals surface area contributed by atoms with Crippen LogP contribution in [0.1, 0.15) is 234 Å². The lowest BCUT2D eigenvalue weighted by molar-refractivity contribution is -0.661. The fraction of sp³-hybridized carbons (Fsp3) is 0.415. The molecule has 0 aliphatic heterocycles. The standard InChI is InChI=1S/C20H28N.2C19H26N.2C18H24N/c1-14-8-9-18(15(2)10-14)19-11-17(12-20(4,5)6)16(3)13-21(19)7;1-13(2)9-17-11-19(20(6)12-16(17)5)18-8-7-14(3)10-15(18)4;1-14-7-8-17(15(2)11-14)18-12-16(9-10-20(18)6)13-19(3,4)5;1-12(2)17-11-19(6)18(10-15(17)5)16-8-7-13(3)9-14(16)4;1-13(2)10-16-7-9-18(19(5)12-16)17-8-6-14(3)11-15(17)4/h8-11,13H,12H2,1-7H3;7-8,10-13H,9H2,1-6H3;7-12H,13H2,1-6H3;7-12H,1-6H3;6-9,11-13H,10H2,1-5H3/q5*+1/i1D3,3D3,12D2;3D3,5D3,9D2;1D3,13D2;1D3,3D3,12D;3D3,10D2. The molecule has 0 N–H and O–H groups in total. The Hall–Kier alpha value is -8.15. The van der Waals surface area contributed by atoms with Gasteiger partial charge in [-0.2, -0.15) is 0 Å². The second-order valence-electron chi connectivity index (χ2n) is 28.5. The maximum atomic E-state index is 8.67. The van der Waals surface area contributed by atoms with Crippen molar-refractivity contribution in [3.8, 4) is 56.3 Å². The number of benzene rings is 5. The summed E-state index contributed by atoms with van der Waals surface area (Å²) in [5.41, 5.74) is 14.7. The molecule has 10 rings (SSSR count). The van der Waals surface area contributed by atoms with Crippen LogP contribution in [0.5, 0.6) is 0 Å². The molecular weight excluding hydrogens is 1200 g/mol. The second kappa shape index (κ2) is 34.8. The molecule has 1 unspecified atom stereocenters. The van der Waals surface area contributed by atoms with Gasteiger partial charge in [-0.15, -0.1) is 0 Å². The third kappa shape index (κ3) is 23.2. The molecule has 0 amide bonds. The van der Waals surface area contributed by atoms with Gasteiger partial charge in [-0.3, -0.25) is 0 Å². The molecule has 0 aliphatic rings. The summed E-state index contributed by atoms with van der Waals surface area (Å²) in [7, 11) is 8.99. The third-order valence-corrected chi connectivity index (χ3v) is 16.2. The Bertz CT molecular complexity index is 5800. The topological polar surface area (TPSA) is 19.4 Å². The van der Waals surface area contributed by atoms with Crippen molar-refractivity contribution in [3.05, 3.63) is 265 Å². The van der Waals surface area contributed by atoms with Gasteiger partial charge in [-0.1, -0.05) is 171 Å². The summed E-state index contributed by atoms with van der Waals surface area (Å²) < 4.78 is 268. The Kier molecular flexibility index (Phi) is 15.5. The van der Waals surface area contributed by atoms with Crippen molar-refractivity contribution in [2.75, 3.05) is 0 Å². The highest BCUT2D eigenvalue weighted by Gasteiger charge is 2.23. The average molecular weight is 1360 g/mol. The number of rotatable bonds is 12. The van der Waals surface area contributed by atoms with E-state index in [9.17, 15) is 0 Å². The van der Waals surface area contributed by atoms with Crippen molar-refractivity contribution in [2.24, 2.45) is 57.9 Å². The number of hydrogen-bond donors (Lipinski definition) is 0. The molecule has 5 aromatic heterocycles. The summed E-state index contributed by atoms with van der Waals surface area (Å²) in [6.07, 6.45) is 1.65. The Balaban J connectivity index is 0.000000254. The Morgan fingerprint density at radius 2 is 0.717 bits per heavy atom. The smallest absolute Gasteiger partial charge is 0.201 e. The van der Waals surface area contributed by atoms with Gasteiger partial charge in [-0.25, -0.2) is 22.8 Å². The molecule has 0 radical (unpaired) electrons. The van der Waals surface area contributed by atoms with Crippen LogP contribution in [0.2, 0.25) is 0 Å². The van der Waals surface area contributed by atoms with Gasteiger partial charge in [0.05, 0.1) is 0 Å². The van der Waals surface area contributed by atoms with Crippen molar-refractivity contribution in [1.82, 2.24) is 0 Å². The van der Waals surface area contributed by atoms with E-state index in [1.165, 1.54) is 31.5 Å². The van der Waals surface area contributed by atoms with E-state index in [1.54, 1.807) is 181 Å². The van der Waals surface area contributed by atoms with E-state index in [0.717, 1.165) is 72.7 Å². The zero-order valence-electron chi connectivity index (χ0n) is 95.5. The van der Waals surface area contributed by atoms with E-state index >= 15 is 0 Å². The summed E-state index contributed by atoms with van der Waals surface area (Å²) >= 11 is 0. The number of hydrogen-bond acceptors (Lipinski definition) is 0. The van der Waals surface area contributed by atoms with Crippen LogP contribution >= 0.6 is 0 Å². The van der Waals surface area contributed by atoms with E-state index in [1.807, 2.05) is 127 Å². The van der Waals surface area contributed by atoms with Crippen molar-refractivity contribution in [3.63, 3.8) is 0 Å². The fourth-order valence-corrected chi connectivity index (χ4v) is 11.6. The summed E-state index contributed by atoms with van der Waals surface area (Å²) in [4.78, 5) is 0. The highest BCUT2D eigenvalue weighted by Crippen LogP contribution is 2.31. The molecule has 524 valence electrons. The SMILES string of the molecule is [2H]C([2H])([2H])c1ccc(-c2cc(C([2H])([2H])C(C)(C)C)c(C([2H])([2H])[2H])c[n+]2C)c(C)c1.[2H]C([2H])([2H])c1ccc(-c2cc(C([2H])([2H])C(C)(C)C)cc[n+]2C)c(C)c1.[2H]C([2H])([2H])c1ccc(-c2cc(C([2H])([2H])C(C)C)c(C([2H])([2H])[2H])c[n+]2C)c(C)c1.[2H]C([2H])([2H])c1ccc(-c2cc(C)c(C([2H])(C)C([2H])([2H])[2H])c[n+]2C)c(C)c1.[2H]C([2H])([2H])c1ccc(-c2ccc(C([2H])([2H])C(C)C)c[n+]2C)c(C)c1. The second-order valence-corrected chi connectivity index (χ2v) is 28.5. The molecule has 0 saturated carbocycles. The molecule has 5 heteroatoms. The molecular formula is C94H128N5+5. The molecule has 0 aliphatic carbocycles. The fourth-order valence-electron chi connectivity index (χ4n) is 11.6. The molecule has 0 bridgehead atoms. The lowest BCUT2D eigenvalue weighted by Crippen LogP contribution is -2.32. The number of nitrogens with zero attached hydrogens (tertiary/aromatic N) is 5. The van der Waals surface area contributed by atoms with E-state index < -0.39 is 103 Å². The molecule has 0 saturated heterocycles. The normalized spacial score (nSPS) is 18.5. The first-order chi connectivity index (χ1) is 59.3. The minimum atomic E-state index is -2.47. The van der Waals surface area contributed by atoms with Gasteiger partial charge in [0.2, 0.25) is 28.5 Å². The van der Waals surface area contributed by atoms with Crippen molar-refractivity contribution < 1.29 is 68.1 Å². The summed E-state index contributed by atoms with van der Waals surface area (Å²) in [5, 5.41) is 0. The molecule has 10 aromatic rings. The van der Waals surface area contributed by atoms with Crippen molar-refractivity contribution >= 4 is 0 Å². The van der Waals surface area contributed by atoms with Gasteiger partial charge in [0, 0.05) is 132 Å². The highest BCUT2D eigenvalue weighted by atomic mass is 14.9. The number of aryl methyl sites for hydroxylation is 18. The number of pyridine rings is 5. The van der Waals surface area contributed by atoms with E-state index in [4.69, 9.17) is 45.2 Å². The first-order valence-corrected chi connectivity index (χ1v) is 33.5. The third-order valence-electron chi connectivity index (χ3n) is 16.2. The Morgan fingerprint density at radius 3 is 1.09 bits per heavy atom. The Morgan fingerprint density at radius 1 is 0.343 bits per heavy atom. The van der Waals surface area contributed by atoms with E-state index in [2.05, 4.69) is 0 Å². The summed E-state index contributed by atoms with van der Waals surface area (Å²) in [6, 6.07) is 37.3. The predicted molar refractivity (Wildman–Crippen MR) is 424 cm³/mol. The highest BCUT2D eigenvalue weighted by molar-refractivity contribution is 5.66. The minimum Gasteiger partial charge on any atom is -0.201 e. The molecule has 0 fully saturated rings. The van der Waals surface area contributed by atoms with Crippen LogP contribution in [-0.4, -0.2) is 0 Å². The molecule has 5 aromatic carbocycles. The maximum absolute atomic E-state index is 8.67. The van der Waals surface area contributed by atoms with Gasteiger partial charge < -0.3 is 0 Å². The van der Waals surface area contributed by atoms with Gasteiger partial charge in [-0.05, 0) is 230 Å². The molecule has 5 heterocycles. The zero-order valence-corrected chi connectivity index (χ0v) is 62.5. The van der Waals surface area contributed by atoms with Gasteiger partial charge in [0.15, 0.2) is 31.0 Å². The van der Waals surface area contributed by atoms with Gasteiger partial charge >= 0.3 is 0 Å². The quantitative estimate of drug-likeness (QED) is 0.109. The Labute approximate surface area is 649 Å². The van der Waals surface area contributed by atoms with E-state index in [0.29, 0.717) is 44.8 Å². The van der Waals surface area contributed by atoms with Crippen LogP contribution in [0, 0.1) is 112 Å². The lowest BCUT2D eigenvalue weighted by atomic mass is 9.86. The van der Waals surface area contributed by atoms with Gasteiger partial charge in [0.1, 0.15) is 35.2 Å². The molecule has 99 heavy (non-hydrogen) atoms. The van der Waals surface area contributed by atoms with Crippen molar-refractivity contribution in [2.45, 2.75) is 204 Å². The maximum Gasteiger partial charge on any atom is 0.212 e. The summed E-state index contributed by atoms with van der Waals surface area (Å²) in [6.45, 7) is 12.3. The monoisotopic (exact) mass is 1360 g/mol. The van der Waals surface area contributed by atoms with Crippen LogP contribution < -0.4 is 22.8 Å². The van der Waals surface area contributed by atoms with E-state index in [-0.39, 0.29) is 44.9 Å². The largest absolute Gasteiger partial charge is 0.212 e. The predicted octanol–water partition coefficient (Wildman–Crippen LogP) is 21.6. The van der Waals surface area contributed by atoms with Crippen molar-refractivity contribution in [1.29, 1.82) is 0 Å². The average Bonchev–Trinajstić information content (AvgIpc) is 0.732. The lowest BCUT2D eigenvalue weighted by Gasteiger charge is -2.19. The summed E-state index contributed by atoms with van der Waals surface area (Å²) in [5.74, 6) is -2.26. The van der Waals surface area contributed by atoms with Gasteiger partial charge in [0.25, 0.3) is 0 Å². The molecule has 5 nitrogen and oxygen atoms in total. The van der Waals surface area contributed by atoms with Crippen LogP contribution in [0.15, 0.2) is 164 Å². The van der Waals surface area contributed by atoms with Crippen LogP contribution in [0.3, 0.4) is 0 Å². The zero-order chi connectivity index (χ0) is 102. The minimum absolute atomic E-state index is 0.0192. The first-order valence-electron chi connectivity index (χ1n) is 50.0. The van der Waals surface area contributed by atoms with Crippen LogP contribution in [-0.2, 0) is 60.7 Å². The molecule has 1 atom stereocenters. The molecule has 0 spiro atoms. The van der Waals surface area contributed by atoms with Crippen LogP contribution in [0.4, 0.5) is 0 Å².